The zero-order valence-corrected chi connectivity index (χ0v) is 9.37. The number of nitrogens with one attached hydrogen (secondary N) is 1. The van der Waals surface area contributed by atoms with Crippen LogP contribution < -0.4 is 11.1 Å². The van der Waals surface area contributed by atoms with Crippen molar-refractivity contribution in [2.75, 3.05) is 6.54 Å². The van der Waals surface area contributed by atoms with Gasteiger partial charge in [0.25, 0.3) is 0 Å². The van der Waals surface area contributed by atoms with Crippen molar-refractivity contribution >= 4 is 5.97 Å². The minimum atomic E-state index is -4.35. The third-order valence-corrected chi connectivity index (χ3v) is 2.29. The highest BCUT2D eigenvalue weighted by atomic mass is 19.4. The lowest BCUT2D eigenvalue weighted by Gasteiger charge is -2.10. The van der Waals surface area contributed by atoms with Crippen LogP contribution in [0, 0.1) is 0 Å². The third-order valence-electron chi connectivity index (χ3n) is 2.29. The van der Waals surface area contributed by atoms with E-state index in [1.54, 1.807) is 0 Å². The van der Waals surface area contributed by atoms with Crippen LogP contribution in [-0.2, 0) is 17.5 Å². The molecule has 0 radical (unpaired) electrons. The minimum absolute atomic E-state index is 0.0519. The Balaban J connectivity index is 2.47. The topological polar surface area (TPSA) is 75.3 Å². The van der Waals surface area contributed by atoms with Crippen LogP contribution in [0.15, 0.2) is 24.3 Å². The first-order valence-electron chi connectivity index (χ1n) is 5.16. The molecule has 4 nitrogen and oxygen atoms in total. The van der Waals surface area contributed by atoms with Crippen molar-refractivity contribution in [2.24, 2.45) is 5.73 Å². The second-order valence-corrected chi connectivity index (χ2v) is 3.77. The molecule has 0 amide bonds. The van der Waals surface area contributed by atoms with Crippen LogP contribution in [0.3, 0.4) is 0 Å². The number of alkyl halides is 3. The lowest BCUT2D eigenvalue weighted by atomic mass is 10.1. The van der Waals surface area contributed by atoms with E-state index in [0.717, 1.165) is 12.1 Å². The van der Waals surface area contributed by atoms with Gasteiger partial charge in [-0.1, -0.05) is 12.1 Å². The SMILES string of the molecule is NC(CNCc1ccc(C(F)(F)F)cc1)C(=O)O. The Bertz CT molecular complexity index is 404. The van der Waals surface area contributed by atoms with Crippen molar-refractivity contribution in [1.29, 1.82) is 0 Å². The van der Waals surface area contributed by atoms with E-state index in [1.165, 1.54) is 12.1 Å². The van der Waals surface area contributed by atoms with Gasteiger partial charge in [-0.05, 0) is 17.7 Å². The summed E-state index contributed by atoms with van der Waals surface area (Å²) >= 11 is 0. The van der Waals surface area contributed by atoms with Gasteiger partial charge in [-0.2, -0.15) is 13.2 Å². The quantitative estimate of drug-likeness (QED) is 0.745. The minimum Gasteiger partial charge on any atom is -0.480 e. The molecule has 0 fully saturated rings. The molecule has 1 unspecified atom stereocenters. The highest BCUT2D eigenvalue weighted by molar-refractivity contribution is 5.73. The first-order valence-corrected chi connectivity index (χ1v) is 5.16. The van der Waals surface area contributed by atoms with E-state index >= 15 is 0 Å². The van der Waals surface area contributed by atoms with Crippen LogP contribution in [0.4, 0.5) is 13.2 Å². The highest BCUT2D eigenvalue weighted by Gasteiger charge is 2.29. The van der Waals surface area contributed by atoms with Gasteiger partial charge in [-0.3, -0.25) is 4.79 Å². The lowest BCUT2D eigenvalue weighted by molar-refractivity contribution is -0.139. The van der Waals surface area contributed by atoms with Crippen molar-refractivity contribution in [3.05, 3.63) is 35.4 Å². The van der Waals surface area contributed by atoms with Gasteiger partial charge in [-0.25, -0.2) is 0 Å². The van der Waals surface area contributed by atoms with Gasteiger partial charge in [0, 0.05) is 13.1 Å². The van der Waals surface area contributed by atoms with Gasteiger partial charge in [-0.15, -0.1) is 0 Å². The molecule has 0 aliphatic carbocycles. The Hall–Kier alpha value is -1.60. The molecule has 0 saturated carbocycles. The first-order chi connectivity index (χ1) is 8.30. The average Bonchev–Trinajstić information content (AvgIpc) is 2.28. The molecule has 0 heterocycles. The van der Waals surface area contributed by atoms with Crippen LogP contribution in [-0.4, -0.2) is 23.7 Å². The van der Waals surface area contributed by atoms with Crippen molar-refractivity contribution in [3.8, 4) is 0 Å². The summed E-state index contributed by atoms with van der Waals surface area (Å²) in [5, 5.41) is 11.3. The summed E-state index contributed by atoms with van der Waals surface area (Å²) in [7, 11) is 0. The van der Waals surface area contributed by atoms with E-state index in [1.807, 2.05) is 0 Å². The zero-order valence-electron chi connectivity index (χ0n) is 9.37. The van der Waals surface area contributed by atoms with E-state index in [0.29, 0.717) is 5.56 Å². The van der Waals surface area contributed by atoms with Crippen molar-refractivity contribution in [1.82, 2.24) is 5.32 Å². The van der Waals surface area contributed by atoms with Gasteiger partial charge >= 0.3 is 12.1 Å². The summed E-state index contributed by atoms with van der Waals surface area (Å²) in [5.74, 6) is -1.13. The smallest absolute Gasteiger partial charge is 0.416 e. The number of benzene rings is 1. The molecule has 0 saturated heterocycles. The third kappa shape index (κ3) is 4.34. The molecule has 0 aromatic heterocycles. The van der Waals surface area contributed by atoms with Gasteiger partial charge < -0.3 is 16.2 Å². The number of carboxylic acids is 1. The van der Waals surface area contributed by atoms with E-state index in [4.69, 9.17) is 10.8 Å². The molecule has 1 aromatic carbocycles. The van der Waals surface area contributed by atoms with Crippen LogP contribution in [0.5, 0.6) is 0 Å². The summed E-state index contributed by atoms with van der Waals surface area (Å²) in [6, 6.07) is 3.60. The number of carboxylic acid groups (broad SMARTS) is 1. The fraction of sp³-hybridized carbons (Fsp3) is 0.364. The molecule has 18 heavy (non-hydrogen) atoms. The van der Waals surface area contributed by atoms with E-state index in [2.05, 4.69) is 5.32 Å². The van der Waals surface area contributed by atoms with E-state index < -0.39 is 23.8 Å². The summed E-state index contributed by atoms with van der Waals surface area (Å²) in [6.45, 7) is 0.315. The molecule has 0 aliphatic rings. The number of halogens is 3. The molecule has 7 heteroatoms. The number of hydrogen-bond donors (Lipinski definition) is 3. The highest BCUT2D eigenvalue weighted by Crippen LogP contribution is 2.28. The summed E-state index contributed by atoms with van der Waals surface area (Å²) in [4.78, 5) is 10.4. The molecule has 0 spiro atoms. The van der Waals surface area contributed by atoms with Gasteiger partial charge in [0.15, 0.2) is 0 Å². The van der Waals surface area contributed by atoms with Gasteiger partial charge in [0.1, 0.15) is 6.04 Å². The standard InChI is InChI=1S/C11H13F3N2O2/c12-11(13,14)8-3-1-7(2-4-8)5-16-6-9(15)10(17)18/h1-4,9,16H,5-6,15H2,(H,17,18). The molecular formula is C11H13F3N2O2. The predicted molar refractivity (Wildman–Crippen MR) is 58.8 cm³/mol. The maximum absolute atomic E-state index is 12.3. The molecule has 0 bridgehead atoms. The Morgan fingerprint density at radius 2 is 1.89 bits per heavy atom. The van der Waals surface area contributed by atoms with Gasteiger partial charge in [0.2, 0.25) is 0 Å². The number of aliphatic carboxylic acids is 1. The maximum atomic E-state index is 12.3. The largest absolute Gasteiger partial charge is 0.480 e. The Morgan fingerprint density at radius 3 is 2.33 bits per heavy atom. The van der Waals surface area contributed by atoms with E-state index in [-0.39, 0.29) is 13.1 Å². The average molecular weight is 262 g/mol. The first kappa shape index (κ1) is 14.5. The molecule has 1 aromatic rings. The van der Waals surface area contributed by atoms with Crippen LogP contribution in [0.2, 0.25) is 0 Å². The zero-order chi connectivity index (χ0) is 13.8. The monoisotopic (exact) mass is 262 g/mol. The van der Waals surface area contributed by atoms with Crippen LogP contribution >= 0.6 is 0 Å². The Morgan fingerprint density at radius 1 is 1.33 bits per heavy atom. The molecule has 4 N–H and O–H groups in total. The molecule has 1 rings (SSSR count). The molecule has 1 atom stereocenters. The van der Waals surface area contributed by atoms with E-state index in [9.17, 15) is 18.0 Å². The number of hydrogen-bond acceptors (Lipinski definition) is 3. The van der Waals surface area contributed by atoms with Crippen LogP contribution in [0.1, 0.15) is 11.1 Å². The molecule has 0 aliphatic heterocycles. The summed E-state index contributed by atoms with van der Waals surface area (Å²) in [5.41, 5.74) is 5.16. The fourth-order valence-corrected chi connectivity index (χ4v) is 1.27. The second kappa shape index (κ2) is 5.83. The normalized spacial score (nSPS) is 13.3. The van der Waals surface area contributed by atoms with Crippen LogP contribution in [0.25, 0.3) is 0 Å². The maximum Gasteiger partial charge on any atom is 0.416 e. The number of nitrogens with two attached hydrogens (primary N) is 1. The number of rotatable bonds is 5. The van der Waals surface area contributed by atoms with Crippen molar-refractivity contribution in [3.63, 3.8) is 0 Å². The lowest BCUT2D eigenvalue weighted by Crippen LogP contribution is -2.40. The predicted octanol–water partition coefficient (Wildman–Crippen LogP) is 1.21. The number of carbonyl (C=O) groups is 1. The molecule has 100 valence electrons. The van der Waals surface area contributed by atoms with Crippen molar-refractivity contribution < 1.29 is 23.1 Å². The summed E-state index contributed by atoms with van der Waals surface area (Å²) in [6.07, 6.45) is -4.35. The Labute approximate surface area is 102 Å². The van der Waals surface area contributed by atoms with Crippen molar-refractivity contribution in [2.45, 2.75) is 18.8 Å². The Kier molecular flexibility index (Phi) is 4.69. The van der Waals surface area contributed by atoms with Gasteiger partial charge in [0.05, 0.1) is 5.56 Å². The fourth-order valence-electron chi connectivity index (χ4n) is 1.27. The summed E-state index contributed by atoms with van der Waals surface area (Å²) < 4.78 is 36.8. The molecular weight excluding hydrogens is 249 g/mol. The second-order valence-electron chi connectivity index (χ2n) is 3.77.